The minimum atomic E-state index is -4.45. The van der Waals surface area contributed by atoms with Gasteiger partial charge in [0.15, 0.2) is 0 Å². The van der Waals surface area contributed by atoms with E-state index in [1.54, 1.807) is 0 Å². The van der Waals surface area contributed by atoms with E-state index in [9.17, 15) is 23.3 Å². The van der Waals surface area contributed by atoms with Crippen LogP contribution < -0.4 is 5.73 Å². The van der Waals surface area contributed by atoms with Crippen molar-refractivity contribution in [3.63, 3.8) is 0 Å². The first-order valence-electron chi connectivity index (χ1n) is 5.41. The molecule has 6 nitrogen and oxygen atoms in total. The Balaban J connectivity index is 2.29. The molecule has 20 heavy (non-hydrogen) atoms. The van der Waals surface area contributed by atoms with Crippen LogP contribution in [0, 0.1) is 10.1 Å². The molecular weight excluding hydrogens is 277 g/mol. The van der Waals surface area contributed by atoms with Gasteiger partial charge in [-0.2, -0.15) is 18.3 Å². The number of anilines is 1. The molecule has 0 unspecified atom stereocenters. The van der Waals surface area contributed by atoms with Gasteiger partial charge in [0.25, 0.3) is 0 Å². The van der Waals surface area contributed by atoms with Gasteiger partial charge in [0, 0.05) is 0 Å². The lowest BCUT2D eigenvalue weighted by Gasteiger charge is -2.09. The van der Waals surface area contributed by atoms with E-state index in [0.717, 1.165) is 23.0 Å². The third-order valence-corrected chi connectivity index (χ3v) is 2.64. The monoisotopic (exact) mass is 286 g/mol. The Hall–Kier alpha value is -2.58. The van der Waals surface area contributed by atoms with Crippen LogP contribution in [-0.2, 0) is 12.7 Å². The van der Waals surface area contributed by atoms with Gasteiger partial charge >= 0.3 is 11.9 Å². The van der Waals surface area contributed by atoms with Crippen molar-refractivity contribution in [2.75, 3.05) is 5.73 Å². The zero-order chi connectivity index (χ0) is 14.9. The highest BCUT2D eigenvalue weighted by molar-refractivity contribution is 5.51. The molecule has 0 atom stereocenters. The van der Waals surface area contributed by atoms with E-state index in [2.05, 4.69) is 5.10 Å². The number of nitrogen functional groups attached to an aromatic ring is 1. The van der Waals surface area contributed by atoms with E-state index in [0.29, 0.717) is 5.56 Å². The van der Waals surface area contributed by atoms with Gasteiger partial charge in [-0.25, -0.2) is 4.68 Å². The number of nitrogens with two attached hydrogens (primary N) is 1. The van der Waals surface area contributed by atoms with Gasteiger partial charge in [-0.3, -0.25) is 10.1 Å². The van der Waals surface area contributed by atoms with Crippen LogP contribution >= 0.6 is 0 Å². The molecule has 2 aromatic rings. The molecule has 0 aliphatic heterocycles. The zero-order valence-corrected chi connectivity index (χ0v) is 9.96. The minimum Gasteiger partial charge on any atom is -0.378 e. The fraction of sp³-hybridized carbons (Fsp3) is 0.182. The summed E-state index contributed by atoms with van der Waals surface area (Å²) in [5.74, 6) is -0.201. The van der Waals surface area contributed by atoms with Gasteiger partial charge in [-0.1, -0.05) is 12.1 Å². The Labute approximate surface area is 110 Å². The van der Waals surface area contributed by atoms with Crippen molar-refractivity contribution in [1.82, 2.24) is 9.78 Å². The topological polar surface area (TPSA) is 87.0 Å². The first kappa shape index (κ1) is 13.8. The van der Waals surface area contributed by atoms with E-state index in [1.165, 1.54) is 12.1 Å². The molecule has 0 radical (unpaired) electrons. The summed E-state index contributed by atoms with van der Waals surface area (Å²) in [6, 6.07) is 4.61. The van der Waals surface area contributed by atoms with Crippen LogP contribution in [0.25, 0.3) is 0 Å². The summed E-state index contributed by atoms with van der Waals surface area (Å²) in [7, 11) is 0. The molecule has 1 heterocycles. The zero-order valence-electron chi connectivity index (χ0n) is 9.96. The molecule has 1 aromatic carbocycles. The number of nitro groups is 1. The van der Waals surface area contributed by atoms with Gasteiger partial charge in [-0.15, -0.1) is 0 Å². The number of hydrogen-bond donors (Lipinski definition) is 1. The van der Waals surface area contributed by atoms with Crippen molar-refractivity contribution < 1.29 is 18.1 Å². The summed E-state index contributed by atoms with van der Waals surface area (Å²) in [6.45, 7) is -0.0798. The van der Waals surface area contributed by atoms with E-state index >= 15 is 0 Å². The maximum atomic E-state index is 12.6. The first-order chi connectivity index (χ1) is 9.29. The lowest BCUT2D eigenvalue weighted by Crippen LogP contribution is -2.09. The third kappa shape index (κ3) is 2.71. The van der Waals surface area contributed by atoms with Crippen LogP contribution in [0.5, 0.6) is 0 Å². The summed E-state index contributed by atoms with van der Waals surface area (Å²) in [6.07, 6.45) is -3.49. The molecule has 0 saturated heterocycles. The molecular formula is C11H9F3N4O2. The molecule has 1 aromatic heterocycles. The SMILES string of the molecule is Nc1c([N+](=O)[O-])cnn1Cc1cccc(C(F)(F)F)c1. The average Bonchev–Trinajstić information content (AvgIpc) is 2.70. The Morgan fingerprint density at radius 1 is 1.40 bits per heavy atom. The van der Waals surface area contributed by atoms with Crippen molar-refractivity contribution in [2.45, 2.75) is 12.7 Å². The number of aromatic nitrogens is 2. The standard InChI is InChI=1S/C11H9F3N4O2/c12-11(13,14)8-3-1-2-7(4-8)6-17-10(15)9(5-16-17)18(19)20/h1-5H,6,15H2. The first-order valence-corrected chi connectivity index (χ1v) is 5.41. The van der Waals surface area contributed by atoms with Gasteiger partial charge in [0.05, 0.1) is 17.0 Å². The molecule has 2 N–H and O–H groups in total. The van der Waals surface area contributed by atoms with Crippen LogP contribution in [0.1, 0.15) is 11.1 Å². The number of rotatable bonds is 3. The van der Waals surface area contributed by atoms with Crippen molar-refractivity contribution in [3.05, 3.63) is 51.7 Å². The molecule has 2 rings (SSSR count). The third-order valence-electron chi connectivity index (χ3n) is 2.64. The number of hydrogen-bond acceptors (Lipinski definition) is 4. The lowest BCUT2D eigenvalue weighted by atomic mass is 10.1. The van der Waals surface area contributed by atoms with Crippen molar-refractivity contribution in [3.8, 4) is 0 Å². The maximum Gasteiger partial charge on any atom is 0.416 e. The summed E-state index contributed by atoms with van der Waals surface area (Å²) in [5.41, 5.74) is 4.63. The molecule has 0 bridgehead atoms. The molecule has 0 saturated carbocycles. The van der Waals surface area contributed by atoms with Gasteiger partial charge < -0.3 is 5.73 Å². The highest BCUT2D eigenvalue weighted by atomic mass is 19.4. The number of benzene rings is 1. The molecule has 0 aliphatic carbocycles. The molecule has 9 heteroatoms. The maximum absolute atomic E-state index is 12.6. The van der Waals surface area contributed by atoms with E-state index in [4.69, 9.17) is 5.73 Å². The lowest BCUT2D eigenvalue weighted by molar-refractivity contribution is -0.384. The van der Waals surface area contributed by atoms with Gasteiger partial charge in [0.2, 0.25) is 5.82 Å². The van der Waals surface area contributed by atoms with Crippen LogP contribution in [0.4, 0.5) is 24.7 Å². The van der Waals surface area contributed by atoms with Crippen molar-refractivity contribution in [2.24, 2.45) is 0 Å². The highest BCUT2D eigenvalue weighted by Gasteiger charge is 2.30. The predicted molar refractivity (Wildman–Crippen MR) is 63.8 cm³/mol. The van der Waals surface area contributed by atoms with E-state index < -0.39 is 16.7 Å². The largest absolute Gasteiger partial charge is 0.416 e. The predicted octanol–water partition coefficient (Wildman–Crippen LogP) is 2.44. The Morgan fingerprint density at radius 2 is 2.10 bits per heavy atom. The van der Waals surface area contributed by atoms with Gasteiger partial charge in [-0.05, 0) is 17.7 Å². The quantitative estimate of drug-likeness (QED) is 0.693. The molecule has 106 valence electrons. The Bertz CT molecular complexity index is 651. The van der Waals surface area contributed by atoms with Crippen molar-refractivity contribution >= 4 is 11.5 Å². The number of alkyl halides is 3. The molecule has 0 spiro atoms. The molecule has 0 fully saturated rings. The average molecular weight is 286 g/mol. The minimum absolute atomic E-state index is 0.0798. The smallest absolute Gasteiger partial charge is 0.378 e. The number of halogens is 3. The molecule has 0 aliphatic rings. The summed E-state index contributed by atoms with van der Waals surface area (Å²) in [5, 5.41) is 14.3. The Kier molecular flexibility index (Phi) is 3.35. The van der Waals surface area contributed by atoms with Crippen LogP contribution in [0.15, 0.2) is 30.5 Å². The summed E-state index contributed by atoms with van der Waals surface area (Å²) >= 11 is 0. The second-order valence-electron chi connectivity index (χ2n) is 4.03. The second kappa shape index (κ2) is 4.83. The van der Waals surface area contributed by atoms with Crippen LogP contribution in [-0.4, -0.2) is 14.7 Å². The highest BCUT2D eigenvalue weighted by Crippen LogP contribution is 2.30. The second-order valence-corrected chi connectivity index (χ2v) is 4.03. The number of nitrogens with zero attached hydrogens (tertiary/aromatic N) is 3. The van der Waals surface area contributed by atoms with Crippen LogP contribution in [0.2, 0.25) is 0 Å². The molecule has 0 amide bonds. The fourth-order valence-corrected chi connectivity index (χ4v) is 1.67. The normalized spacial score (nSPS) is 11.6. The fourth-order valence-electron chi connectivity index (χ4n) is 1.67. The van der Waals surface area contributed by atoms with E-state index in [1.807, 2.05) is 0 Å². The Morgan fingerprint density at radius 3 is 2.65 bits per heavy atom. The van der Waals surface area contributed by atoms with Gasteiger partial charge in [0.1, 0.15) is 6.20 Å². The van der Waals surface area contributed by atoms with Crippen LogP contribution in [0.3, 0.4) is 0 Å². The van der Waals surface area contributed by atoms with E-state index in [-0.39, 0.29) is 18.1 Å². The summed E-state index contributed by atoms with van der Waals surface area (Å²) in [4.78, 5) is 9.89. The summed E-state index contributed by atoms with van der Waals surface area (Å²) < 4.78 is 38.8. The van der Waals surface area contributed by atoms with Crippen molar-refractivity contribution in [1.29, 1.82) is 0 Å².